The summed E-state index contributed by atoms with van der Waals surface area (Å²) in [5.41, 5.74) is 3.31. The van der Waals surface area contributed by atoms with Gasteiger partial charge in [0.25, 0.3) is 0 Å². The van der Waals surface area contributed by atoms with Crippen LogP contribution in [0.3, 0.4) is 0 Å². The van der Waals surface area contributed by atoms with Crippen molar-refractivity contribution in [2.75, 3.05) is 22.6 Å². The maximum absolute atomic E-state index is 13.2. The van der Waals surface area contributed by atoms with Crippen molar-refractivity contribution in [1.29, 1.82) is 0 Å². The van der Waals surface area contributed by atoms with Crippen molar-refractivity contribution in [2.24, 2.45) is 5.92 Å². The molecule has 0 radical (unpaired) electrons. The van der Waals surface area contributed by atoms with Crippen LogP contribution in [0.1, 0.15) is 43.6 Å². The Bertz CT molecular complexity index is 1130. The molecule has 1 aliphatic heterocycles. The molecule has 33 heavy (non-hydrogen) atoms. The van der Waals surface area contributed by atoms with E-state index in [0.717, 1.165) is 11.1 Å². The van der Waals surface area contributed by atoms with Crippen LogP contribution in [0.25, 0.3) is 0 Å². The van der Waals surface area contributed by atoms with Gasteiger partial charge in [-0.2, -0.15) is 23.6 Å². The maximum Gasteiger partial charge on any atom is 0.247 e. The largest absolute Gasteiger partial charge is 0.350 e. The Labute approximate surface area is 200 Å². The number of aryl methyl sites for hydroxylation is 1. The summed E-state index contributed by atoms with van der Waals surface area (Å²) in [6.07, 6.45) is 3.74. The summed E-state index contributed by atoms with van der Waals surface area (Å²) in [7, 11) is 1.89. The number of fused-ring (bicyclic) bond motifs is 1. The SMILES string of the molecule is Cc1nc(NCc2cnn(C(C)c3ccc(F)cc3)c2)nc2c1NC(=O)[C@H](C(C)C)N2C.S. The third-order valence-electron chi connectivity index (χ3n) is 5.83. The molecule has 2 atom stereocenters. The summed E-state index contributed by atoms with van der Waals surface area (Å²) in [5.74, 6) is 1.06. The number of amides is 1. The van der Waals surface area contributed by atoms with Gasteiger partial charge in [-0.1, -0.05) is 26.0 Å². The molecular weight excluding hydrogens is 441 g/mol. The molecule has 176 valence electrons. The molecule has 1 amide bonds. The van der Waals surface area contributed by atoms with Crippen LogP contribution in [0, 0.1) is 18.7 Å². The summed E-state index contributed by atoms with van der Waals surface area (Å²) < 4.78 is 15.0. The molecule has 0 bridgehead atoms. The van der Waals surface area contributed by atoms with Crippen LogP contribution in [-0.2, 0) is 11.3 Å². The van der Waals surface area contributed by atoms with E-state index in [1.165, 1.54) is 12.1 Å². The molecule has 0 aliphatic carbocycles. The van der Waals surface area contributed by atoms with Crippen molar-refractivity contribution in [1.82, 2.24) is 19.7 Å². The van der Waals surface area contributed by atoms with Gasteiger partial charge in [0.2, 0.25) is 11.9 Å². The van der Waals surface area contributed by atoms with Crippen molar-refractivity contribution in [3.63, 3.8) is 0 Å². The number of hydrogen-bond acceptors (Lipinski definition) is 6. The number of carbonyl (C=O) groups excluding carboxylic acids is 1. The molecule has 4 rings (SSSR count). The second-order valence-electron chi connectivity index (χ2n) is 8.53. The Morgan fingerprint density at radius 1 is 1.18 bits per heavy atom. The summed E-state index contributed by atoms with van der Waals surface area (Å²) in [6.45, 7) is 8.41. The Morgan fingerprint density at radius 2 is 1.88 bits per heavy atom. The number of hydrogen-bond donors (Lipinski definition) is 2. The molecule has 1 aliphatic rings. The van der Waals surface area contributed by atoms with Gasteiger partial charge in [-0.25, -0.2) is 9.37 Å². The van der Waals surface area contributed by atoms with E-state index in [0.29, 0.717) is 29.7 Å². The summed E-state index contributed by atoms with van der Waals surface area (Å²) in [5, 5.41) is 10.7. The third kappa shape index (κ3) is 4.95. The number of nitrogens with zero attached hydrogens (tertiary/aromatic N) is 5. The topological polar surface area (TPSA) is 88.0 Å². The number of likely N-dealkylation sites (N-methyl/N-ethyl adjacent to an activating group) is 1. The summed E-state index contributed by atoms with van der Waals surface area (Å²) in [6, 6.07) is 6.15. The molecule has 2 N–H and O–H groups in total. The van der Waals surface area contributed by atoms with Gasteiger partial charge in [0, 0.05) is 25.4 Å². The maximum atomic E-state index is 13.2. The predicted molar refractivity (Wildman–Crippen MR) is 133 cm³/mol. The molecule has 10 heteroatoms. The van der Waals surface area contributed by atoms with E-state index in [-0.39, 0.29) is 43.2 Å². The van der Waals surface area contributed by atoms with E-state index < -0.39 is 0 Å². The van der Waals surface area contributed by atoms with E-state index in [1.54, 1.807) is 18.3 Å². The number of nitrogens with one attached hydrogen (secondary N) is 2. The Balaban J connectivity index is 0.00000306. The average Bonchev–Trinajstić information content (AvgIpc) is 3.22. The van der Waals surface area contributed by atoms with Gasteiger partial charge >= 0.3 is 0 Å². The lowest BCUT2D eigenvalue weighted by Gasteiger charge is -2.36. The monoisotopic (exact) mass is 471 g/mol. The fraction of sp³-hybridized carbons (Fsp3) is 0.391. The van der Waals surface area contributed by atoms with E-state index >= 15 is 0 Å². The first-order valence-corrected chi connectivity index (χ1v) is 10.7. The Morgan fingerprint density at radius 3 is 2.55 bits per heavy atom. The lowest BCUT2D eigenvalue weighted by atomic mass is 9.99. The van der Waals surface area contributed by atoms with Gasteiger partial charge in [0.1, 0.15) is 17.5 Å². The zero-order valence-corrected chi connectivity index (χ0v) is 20.4. The molecule has 3 heterocycles. The first-order chi connectivity index (χ1) is 15.2. The van der Waals surface area contributed by atoms with Gasteiger partial charge < -0.3 is 15.5 Å². The first kappa shape index (κ1) is 24.5. The third-order valence-corrected chi connectivity index (χ3v) is 5.83. The van der Waals surface area contributed by atoms with Crippen LogP contribution in [-0.4, -0.2) is 38.7 Å². The van der Waals surface area contributed by atoms with Gasteiger partial charge in [0.05, 0.1) is 17.9 Å². The molecular formula is C23H30FN7OS. The zero-order chi connectivity index (χ0) is 23.0. The highest BCUT2D eigenvalue weighted by Gasteiger charge is 2.35. The first-order valence-electron chi connectivity index (χ1n) is 10.7. The van der Waals surface area contributed by atoms with E-state index in [1.807, 2.05) is 50.5 Å². The van der Waals surface area contributed by atoms with Crippen molar-refractivity contribution < 1.29 is 9.18 Å². The highest BCUT2D eigenvalue weighted by Crippen LogP contribution is 2.34. The molecule has 1 unspecified atom stereocenters. The highest BCUT2D eigenvalue weighted by atomic mass is 32.1. The molecule has 0 saturated carbocycles. The van der Waals surface area contributed by atoms with Gasteiger partial charge in [-0.05, 0) is 37.5 Å². The second-order valence-corrected chi connectivity index (χ2v) is 8.53. The number of carbonyl (C=O) groups is 1. The lowest BCUT2D eigenvalue weighted by Crippen LogP contribution is -2.49. The quantitative estimate of drug-likeness (QED) is 0.568. The minimum absolute atomic E-state index is 0. The molecule has 1 aromatic carbocycles. The fourth-order valence-corrected chi connectivity index (χ4v) is 4.05. The molecule has 0 fully saturated rings. The molecule has 0 spiro atoms. The van der Waals surface area contributed by atoms with Gasteiger partial charge in [-0.3, -0.25) is 9.48 Å². The molecule has 0 saturated heterocycles. The minimum Gasteiger partial charge on any atom is -0.350 e. The van der Waals surface area contributed by atoms with Crippen molar-refractivity contribution in [3.05, 3.63) is 59.3 Å². The van der Waals surface area contributed by atoms with Crippen molar-refractivity contribution in [3.8, 4) is 0 Å². The number of halogens is 1. The smallest absolute Gasteiger partial charge is 0.247 e. The van der Waals surface area contributed by atoms with Crippen molar-refractivity contribution in [2.45, 2.75) is 46.3 Å². The molecule has 3 aromatic rings. The van der Waals surface area contributed by atoms with Crippen molar-refractivity contribution >= 4 is 36.9 Å². The van der Waals surface area contributed by atoms with E-state index in [9.17, 15) is 9.18 Å². The van der Waals surface area contributed by atoms with Gasteiger partial charge in [-0.15, -0.1) is 0 Å². The number of aromatic nitrogens is 4. The number of benzene rings is 1. The Hall–Kier alpha value is -3.14. The average molecular weight is 472 g/mol. The molecule has 2 aromatic heterocycles. The van der Waals surface area contributed by atoms with E-state index in [4.69, 9.17) is 0 Å². The highest BCUT2D eigenvalue weighted by molar-refractivity contribution is 7.59. The van der Waals surface area contributed by atoms with Crippen LogP contribution in [0.4, 0.5) is 21.8 Å². The fourth-order valence-electron chi connectivity index (χ4n) is 4.05. The normalized spacial score (nSPS) is 16.2. The Kier molecular flexibility index (Phi) is 7.26. The lowest BCUT2D eigenvalue weighted by molar-refractivity contribution is -0.118. The number of rotatable bonds is 6. The predicted octanol–water partition coefficient (Wildman–Crippen LogP) is 3.87. The zero-order valence-electron chi connectivity index (χ0n) is 19.4. The minimum atomic E-state index is -0.282. The van der Waals surface area contributed by atoms with Crippen LogP contribution >= 0.6 is 13.5 Å². The second kappa shape index (κ2) is 9.78. The van der Waals surface area contributed by atoms with E-state index in [2.05, 4.69) is 25.7 Å². The van der Waals surface area contributed by atoms with Crippen LogP contribution in [0.2, 0.25) is 0 Å². The van der Waals surface area contributed by atoms with Crippen LogP contribution in [0.5, 0.6) is 0 Å². The van der Waals surface area contributed by atoms with Crippen LogP contribution < -0.4 is 15.5 Å². The molecule has 8 nitrogen and oxygen atoms in total. The summed E-state index contributed by atoms with van der Waals surface area (Å²) >= 11 is 0. The van der Waals surface area contributed by atoms with Crippen LogP contribution in [0.15, 0.2) is 36.7 Å². The number of anilines is 3. The summed E-state index contributed by atoms with van der Waals surface area (Å²) in [4.78, 5) is 23.6. The standard InChI is InChI=1S/C23H28FN7O.H2S/c1-13(2)20-22(32)28-19-14(3)27-23(29-21(19)30(20)5)25-10-16-11-26-31(12-16)15(4)17-6-8-18(24)9-7-17;/h6-9,11-13,15,20H,10H2,1-5H3,(H,28,32)(H,25,27,29);1H2/t15?,20-;/m0./s1. The van der Waals surface area contributed by atoms with Gasteiger partial charge in [0.15, 0.2) is 5.82 Å².